The molecular formula is C20H16F6N2O3. The molecular weight excluding hydrogens is 430 g/mol. The highest BCUT2D eigenvalue weighted by Gasteiger charge is 2.38. The highest BCUT2D eigenvalue weighted by molar-refractivity contribution is 5.86. The SMILES string of the molecule is O=C1CCC(C(=O)N(Cc2cccnc2)Cc2cc(C(F)(F)F)cc(C(F)(F)F)c2)O1. The lowest BCUT2D eigenvalue weighted by Crippen LogP contribution is -2.38. The highest BCUT2D eigenvalue weighted by atomic mass is 19.4. The topological polar surface area (TPSA) is 59.5 Å². The second-order valence-corrected chi connectivity index (χ2v) is 6.99. The average Bonchev–Trinajstić information content (AvgIpc) is 3.12. The molecule has 1 amide bonds. The van der Waals surface area contributed by atoms with Crippen molar-refractivity contribution < 1.29 is 40.7 Å². The zero-order valence-electron chi connectivity index (χ0n) is 15.8. The number of carbonyl (C=O) groups excluding carboxylic acids is 2. The Morgan fingerprint density at radius 2 is 1.65 bits per heavy atom. The van der Waals surface area contributed by atoms with Crippen molar-refractivity contribution in [2.45, 2.75) is 44.4 Å². The van der Waals surface area contributed by atoms with Crippen LogP contribution in [0.15, 0.2) is 42.7 Å². The molecule has 1 saturated heterocycles. The standard InChI is InChI=1S/C20H16F6N2O3/c21-19(22,23)14-6-13(7-15(8-14)20(24,25)26)11-28(10-12-2-1-5-27-9-12)18(30)16-3-4-17(29)31-16/h1-2,5-9,16H,3-4,10-11H2. The first-order valence-corrected chi connectivity index (χ1v) is 9.09. The Bertz CT molecular complexity index is 927. The van der Waals surface area contributed by atoms with Crippen molar-refractivity contribution in [2.24, 2.45) is 0 Å². The van der Waals surface area contributed by atoms with Crippen LogP contribution in [0.1, 0.15) is 35.1 Å². The number of benzene rings is 1. The van der Waals surface area contributed by atoms with Crippen LogP contribution in [0.2, 0.25) is 0 Å². The van der Waals surface area contributed by atoms with Crippen molar-refractivity contribution in [3.63, 3.8) is 0 Å². The number of aromatic nitrogens is 1. The lowest BCUT2D eigenvalue weighted by molar-refractivity contribution is -0.153. The van der Waals surface area contributed by atoms with Gasteiger partial charge in [0.15, 0.2) is 6.10 Å². The zero-order valence-corrected chi connectivity index (χ0v) is 15.8. The molecule has 1 aromatic carbocycles. The number of esters is 1. The van der Waals surface area contributed by atoms with Crippen LogP contribution in [0.25, 0.3) is 0 Å². The fourth-order valence-corrected chi connectivity index (χ4v) is 3.16. The summed E-state index contributed by atoms with van der Waals surface area (Å²) in [6.45, 7) is -0.687. The van der Waals surface area contributed by atoms with Gasteiger partial charge in [-0.05, 0) is 35.4 Å². The van der Waals surface area contributed by atoms with E-state index >= 15 is 0 Å². The second-order valence-electron chi connectivity index (χ2n) is 6.99. The summed E-state index contributed by atoms with van der Waals surface area (Å²) in [6, 6.07) is 4.33. The molecule has 1 unspecified atom stereocenters. The van der Waals surface area contributed by atoms with Gasteiger partial charge in [-0.1, -0.05) is 6.07 Å². The Kier molecular flexibility index (Phi) is 6.23. The first kappa shape index (κ1) is 22.6. The van der Waals surface area contributed by atoms with Crippen LogP contribution in [0, 0.1) is 0 Å². The minimum absolute atomic E-state index is 0.00107. The molecule has 0 bridgehead atoms. The second kappa shape index (κ2) is 8.56. The quantitative estimate of drug-likeness (QED) is 0.506. The van der Waals surface area contributed by atoms with E-state index in [1.807, 2.05) is 0 Å². The van der Waals surface area contributed by atoms with Crippen molar-refractivity contribution >= 4 is 11.9 Å². The van der Waals surface area contributed by atoms with Crippen molar-refractivity contribution in [3.05, 3.63) is 65.0 Å². The first-order chi connectivity index (χ1) is 14.4. The number of halogens is 6. The predicted molar refractivity (Wildman–Crippen MR) is 94.1 cm³/mol. The van der Waals surface area contributed by atoms with Crippen molar-refractivity contribution in [1.29, 1.82) is 0 Å². The third-order valence-electron chi connectivity index (χ3n) is 4.59. The number of cyclic esters (lactones) is 1. The summed E-state index contributed by atoms with van der Waals surface area (Å²) in [6.07, 6.45) is -8.19. The Hall–Kier alpha value is -3.11. The van der Waals surface area contributed by atoms with Gasteiger partial charge in [-0.3, -0.25) is 14.6 Å². The molecule has 1 aliphatic rings. The van der Waals surface area contributed by atoms with Gasteiger partial charge in [0.1, 0.15) is 0 Å². The van der Waals surface area contributed by atoms with Crippen LogP contribution in [0.3, 0.4) is 0 Å². The summed E-state index contributed by atoms with van der Waals surface area (Å²) in [4.78, 5) is 29.1. The van der Waals surface area contributed by atoms with Crippen molar-refractivity contribution in [3.8, 4) is 0 Å². The van der Waals surface area contributed by atoms with Gasteiger partial charge in [-0.2, -0.15) is 26.3 Å². The smallest absolute Gasteiger partial charge is 0.416 e. The minimum Gasteiger partial charge on any atom is -0.452 e. The number of ether oxygens (including phenoxy) is 1. The van der Waals surface area contributed by atoms with Crippen molar-refractivity contribution in [2.75, 3.05) is 0 Å². The number of nitrogens with zero attached hydrogens (tertiary/aromatic N) is 2. The summed E-state index contributed by atoms with van der Waals surface area (Å²) >= 11 is 0. The molecule has 1 aliphatic heterocycles. The van der Waals surface area contributed by atoms with Crippen LogP contribution in [-0.4, -0.2) is 27.9 Å². The van der Waals surface area contributed by atoms with E-state index in [2.05, 4.69) is 4.98 Å². The molecule has 0 aliphatic carbocycles. The summed E-state index contributed by atoms with van der Waals surface area (Å²) in [7, 11) is 0. The van der Waals surface area contributed by atoms with Crippen molar-refractivity contribution in [1.82, 2.24) is 9.88 Å². The van der Waals surface area contributed by atoms with Crippen LogP contribution in [0.5, 0.6) is 0 Å². The van der Waals surface area contributed by atoms with E-state index in [0.29, 0.717) is 17.7 Å². The molecule has 0 N–H and O–H groups in total. The normalized spacial score (nSPS) is 16.8. The first-order valence-electron chi connectivity index (χ1n) is 9.09. The molecule has 0 saturated carbocycles. The van der Waals surface area contributed by atoms with Gasteiger partial charge >= 0.3 is 18.3 Å². The van der Waals surface area contributed by atoms with Crippen LogP contribution in [0.4, 0.5) is 26.3 Å². The number of rotatable bonds is 5. The summed E-state index contributed by atoms with van der Waals surface area (Å²) in [5.41, 5.74) is -2.80. The van der Waals surface area contributed by atoms with E-state index in [1.165, 1.54) is 12.4 Å². The van der Waals surface area contributed by atoms with Crippen LogP contribution >= 0.6 is 0 Å². The Balaban J connectivity index is 1.96. The number of amides is 1. The zero-order chi connectivity index (χ0) is 22.8. The van der Waals surface area contributed by atoms with Gasteiger partial charge in [-0.25, -0.2) is 0 Å². The molecule has 166 valence electrons. The number of hydrogen-bond donors (Lipinski definition) is 0. The van der Waals surface area contributed by atoms with Gasteiger partial charge in [0.25, 0.3) is 5.91 Å². The molecule has 2 heterocycles. The molecule has 1 fully saturated rings. The number of pyridine rings is 1. The fourth-order valence-electron chi connectivity index (χ4n) is 3.16. The van der Waals surface area contributed by atoms with Gasteiger partial charge < -0.3 is 9.64 Å². The molecule has 3 rings (SSSR count). The Labute approximate surface area is 172 Å². The minimum atomic E-state index is -5.00. The van der Waals surface area contributed by atoms with E-state index in [0.717, 1.165) is 4.90 Å². The maximum Gasteiger partial charge on any atom is 0.416 e. The molecule has 5 nitrogen and oxygen atoms in total. The maximum absolute atomic E-state index is 13.2. The Morgan fingerprint density at radius 1 is 1.03 bits per heavy atom. The molecule has 0 spiro atoms. The highest BCUT2D eigenvalue weighted by Crippen LogP contribution is 2.36. The Morgan fingerprint density at radius 3 is 2.13 bits per heavy atom. The van der Waals surface area contributed by atoms with Crippen LogP contribution < -0.4 is 0 Å². The van der Waals surface area contributed by atoms with E-state index < -0.39 is 48.0 Å². The monoisotopic (exact) mass is 446 g/mol. The lowest BCUT2D eigenvalue weighted by Gasteiger charge is -2.26. The molecule has 1 atom stereocenters. The molecule has 31 heavy (non-hydrogen) atoms. The van der Waals surface area contributed by atoms with Crippen LogP contribution in [-0.2, 0) is 39.8 Å². The average molecular weight is 446 g/mol. The fraction of sp³-hybridized carbons (Fsp3) is 0.350. The third kappa shape index (κ3) is 5.74. The molecule has 1 aromatic heterocycles. The van der Waals surface area contributed by atoms with Gasteiger partial charge in [0.05, 0.1) is 11.1 Å². The molecule has 0 radical (unpaired) electrons. The van der Waals surface area contributed by atoms with E-state index in [9.17, 15) is 35.9 Å². The van der Waals surface area contributed by atoms with Gasteiger partial charge in [0.2, 0.25) is 0 Å². The largest absolute Gasteiger partial charge is 0.452 e. The summed E-state index contributed by atoms with van der Waals surface area (Å²) in [5, 5.41) is 0. The predicted octanol–water partition coefficient (Wildman–Crippen LogP) is 4.35. The number of carbonyl (C=O) groups is 2. The van der Waals surface area contributed by atoms with E-state index in [1.54, 1.807) is 12.1 Å². The summed E-state index contributed by atoms with van der Waals surface area (Å²) < 4.78 is 83.9. The van der Waals surface area contributed by atoms with Gasteiger partial charge in [-0.15, -0.1) is 0 Å². The number of alkyl halides is 6. The van der Waals surface area contributed by atoms with E-state index in [-0.39, 0.29) is 31.0 Å². The summed E-state index contributed by atoms with van der Waals surface area (Å²) in [5.74, 6) is -1.31. The van der Waals surface area contributed by atoms with Gasteiger partial charge in [0, 0.05) is 38.3 Å². The number of hydrogen-bond acceptors (Lipinski definition) is 4. The third-order valence-corrected chi connectivity index (χ3v) is 4.59. The lowest BCUT2D eigenvalue weighted by atomic mass is 10.0. The maximum atomic E-state index is 13.2. The molecule has 2 aromatic rings. The van der Waals surface area contributed by atoms with E-state index in [4.69, 9.17) is 4.74 Å². The molecule has 11 heteroatoms.